The topological polar surface area (TPSA) is 95.9 Å². The summed E-state index contributed by atoms with van der Waals surface area (Å²) in [6.45, 7) is 4.94. The molecule has 2 atom stereocenters. The largest absolute Gasteiger partial charge is 0.466 e. The zero-order valence-electron chi connectivity index (χ0n) is 50.8. The number of unbranched alkanes of at least 4 members (excludes halogenated alkanes) is 51. The summed E-state index contributed by atoms with van der Waals surface area (Å²) in [5.74, 6) is -0.0474. The van der Waals surface area contributed by atoms with E-state index in [1.807, 2.05) is 6.08 Å². The number of nitrogens with one attached hydrogen (secondary N) is 1. The quantitative estimate of drug-likeness (QED) is 0.0320. The number of aliphatic hydroxyl groups is 2. The second-order valence-electron chi connectivity index (χ2n) is 23.5. The molecule has 0 heterocycles. The Morgan fingerprint density at radius 2 is 0.627 bits per heavy atom. The van der Waals surface area contributed by atoms with Gasteiger partial charge in [0.1, 0.15) is 0 Å². The Kier molecular flexibility index (Phi) is 63.4. The van der Waals surface area contributed by atoms with E-state index in [9.17, 15) is 19.8 Å². The molecule has 0 saturated carbocycles. The molecule has 0 aromatic carbocycles. The van der Waals surface area contributed by atoms with Gasteiger partial charge in [0, 0.05) is 12.8 Å². The third-order valence-corrected chi connectivity index (χ3v) is 16.0. The second kappa shape index (κ2) is 64.9. The summed E-state index contributed by atoms with van der Waals surface area (Å²) >= 11 is 0. The van der Waals surface area contributed by atoms with Crippen LogP contribution in [-0.2, 0) is 14.3 Å². The monoisotopic (exact) mass is 1060 g/mol. The van der Waals surface area contributed by atoms with Gasteiger partial charge in [-0.1, -0.05) is 334 Å². The Morgan fingerprint density at radius 1 is 0.360 bits per heavy atom. The van der Waals surface area contributed by atoms with Crippen LogP contribution in [-0.4, -0.2) is 47.4 Å². The summed E-state index contributed by atoms with van der Waals surface area (Å²) in [6, 6.07) is -0.628. The lowest BCUT2D eigenvalue weighted by atomic mass is 10.0. The molecule has 0 saturated heterocycles. The minimum Gasteiger partial charge on any atom is -0.466 e. The number of rotatable bonds is 64. The van der Waals surface area contributed by atoms with E-state index in [0.29, 0.717) is 19.4 Å². The number of hydrogen-bond donors (Lipinski definition) is 3. The summed E-state index contributed by atoms with van der Waals surface area (Å²) in [7, 11) is 0. The van der Waals surface area contributed by atoms with E-state index in [2.05, 4.69) is 31.3 Å². The van der Waals surface area contributed by atoms with Crippen molar-refractivity contribution in [3.63, 3.8) is 0 Å². The fraction of sp³-hybridized carbons (Fsp3) is 0.913. The van der Waals surface area contributed by atoms with E-state index in [1.165, 1.54) is 315 Å². The molecule has 0 radical (unpaired) electrons. The molecule has 0 aliphatic carbocycles. The first-order valence-corrected chi connectivity index (χ1v) is 34.1. The van der Waals surface area contributed by atoms with E-state index >= 15 is 0 Å². The third kappa shape index (κ3) is 61.4. The Hall–Kier alpha value is -1.66. The molecule has 0 aromatic rings. The van der Waals surface area contributed by atoms with Gasteiger partial charge in [-0.2, -0.15) is 0 Å². The number of aliphatic hydroxyl groups excluding tert-OH is 2. The zero-order chi connectivity index (χ0) is 54.3. The van der Waals surface area contributed by atoms with Crippen LogP contribution in [0.5, 0.6) is 0 Å². The van der Waals surface area contributed by atoms with Crippen LogP contribution in [0.15, 0.2) is 24.3 Å². The van der Waals surface area contributed by atoms with Crippen molar-refractivity contribution in [1.82, 2.24) is 5.32 Å². The fourth-order valence-electron chi connectivity index (χ4n) is 10.7. The fourth-order valence-corrected chi connectivity index (χ4v) is 10.7. The average molecular weight is 1060 g/mol. The van der Waals surface area contributed by atoms with Crippen LogP contribution in [0.2, 0.25) is 0 Å². The summed E-state index contributed by atoms with van der Waals surface area (Å²) in [4.78, 5) is 24.5. The molecule has 444 valence electrons. The smallest absolute Gasteiger partial charge is 0.305 e. The maximum absolute atomic E-state index is 12.5. The highest BCUT2D eigenvalue weighted by molar-refractivity contribution is 5.76. The van der Waals surface area contributed by atoms with Gasteiger partial charge in [0.05, 0.1) is 25.4 Å². The molecular weight excluding hydrogens is 923 g/mol. The Morgan fingerprint density at radius 3 is 0.947 bits per heavy atom. The first kappa shape index (κ1) is 73.3. The highest BCUT2D eigenvalue weighted by Crippen LogP contribution is 2.18. The SMILES string of the molecule is CCCCCCCCCCCCCCCCC/C=C/C(O)C(CO)NC(=O)CCCCCCCCCCCCCC/C=C\CCCCCCCCCCCCCCOC(=O)CCCCCCCCCCCCCCC. The van der Waals surface area contributed by atoms with Crippen LogP contribution in [0.3, 0.4) is 0 Å². The van der Waals surface area contributed by atoms with Gasteiger partial charge < -0.3 is 20.3 Å². The van der Waals surface area contributed by atoms with Crippen LogP contribution in [0.4, 0.5) is 0 Å². The van der Waals surface area contributed by atoms with Crippen molar-refractivity contribution in [2.24, 2.45) is 0 Å². The van der Waals surface area contributed by atoms with Crippen molar-refractivity contribution >= 4 is 11.9 Å². The maximum Gasteiger partial charge on any atom is 0.305 e. The van der Waals surface area contributed by atoms with Gasteiger partial charge in [0.2, 0.25) is 5.91 Å². The number of carbonyl (C=O) groups excluding carboxylic acids is 2. The van der Waals surface area contributed by atoms with Crippen molar-refractivity contribution in [3.8, 4) is 0 Å². The maximum atomic E-state index is 12.5. The molecule has 0 fully saturated rings. The summed E-state index contributed by atoms with van der Waals surface area (Å²) < 4.78 is 5.49. The zero-order valence-corrected chi connectivity index (χ0v) is 50.8. The second-order valence-corrected chi connectivity index (χ2v) is 23.5. The van der Waals surface area contributed by atoms with Crippen molar-refractivity contribution in [2.75, 3.05) is 13.2 Å². The molecule has 0 rings (SSSR count). The summed E-state index contributed by atoms with van der Waals surface area (Å²) in [6.07, 6.45) is 81.0. The summed E-state index contributed by atoms with van der Waals surface area (Å²) in [5.41, 5.74) is 0. The van der Waals surface area contributed by atoms with Crippen LogP contribution in [0.25, 0.3) is 0 Å². The Labute approximate surface area is 469 Å². The minimum absolute atomic E-state index is 0.0175. The first-order valence-electron chi connectivity index (χ1n) is 34.1. The lowest BCUT2D eigenvalue weighted by Crippen LogP contribution is -2.45. The standard InChI is InChI=1S/C69H133NO5/c1-3-5-7-9-11-13-15-17-18-31-34-38-41-45-49-53-57-61-67(72)66(65-71)70-68(73)62-58-54-50-46-42-39-35-32-29-27-25-23-21-19-20-22-24-26-28-30-33-36-40-44-48-52-56-60-64-75-69(74)63-59-55-51-47-43-37-16-14-12-10-8-6-4-2/h19-20,57,61,66-67,71-72H,3-18,21-56,58-60,62-65H2,1-2H3,(H,70,73)/b20-19-,61-57+. The highest BCUT2D eigenvalue weighted by Gasteiger charge is 2.18. The number of carbonyl (C=O) groups is 2. The molecule has 6 heteroatoms. The molecule has 0 bridgehead atoms. The number of esters is 1. The molecule has 0 aromatic heterocycles. The van der Waals surface area contributed by atoms with Gasteiger partial charge in [-0.15, -0.1) is 0 Å². The average Bonchev–Trinajstić information content (AvgIpc) is 3.41. The molecule has 0 aliphatic rings. The van der Waals surface area contributed by atoms with E-state index in [4.69, 9.17) is 4.74 Å². The van der Waals surface area contributed by atoms with Crippen molar-refractivity contribution in [2.45, 2.75) is 392 Å². The van der Waals surface area contributed by atoms with Gasteiger partial charge in [-0.25, -0.2) is 0 Å². The number of hydrogen-bond acceptors (Lipinski definition) is 5. The van der Waals surface area contributed by atoms with Crippen molar-refractivity contribution in [3.05, 3.63) is 24.3 Å². The van der Waals surface area contributed by atoms with Crippen LogP contribution < -0.4 is 5.32 Å². The van der Waals surface area contributed by atoms with E-state index in [0.717, 1.165) is 38.5 Å². The van der Waals surface area contributed by atoms with Gasteiger partial charge in [-0.05, 0) is 57.8 Å². The minimum atomic E-state index is -0.844. The van der Waals surface area contributed by atoms with Crippen LogP contribution >= 0.6 is 0 Å². The Balaban J connectivity index is 3.39. The van der Waals surface area contributed by atoms with Gasteiger partial charge in [0.15, 0.2) is 0 Å². The van der Waals surface area contributed by atoms with E-state index in [-0.39, 0.29) is 18.5 Å². The molecular formula is C69H133NO5. The van der Waals surface area contributed by atoms with Gasteiger partial charge >= 0.3 is 5.97 Å². The van der Waals surface area contributed by atoms with Crippen LogP contribution in [0.1, 0.15) is 380 Å². The molecule has 2 unspecified atom stereocenters. The molecule has 3 N–H and O–H groups in total. The van der Waals surface area contributed by atoms with Gasteiger partial charge in [0.25, 0.3) is 0 Å². The normalized spacial score (nSPS) is 12.6. The number of ether oxygens (including phenoxy) is 1. The number of allylic oxidation sites excluding steroid dienone is 3. The van der Waals surface area contributed by atoms with Crippen molar-refractivity contribution in [1.29, 1.82) is 0 Å². The molecule has 75 heavy (non-hydrogen) atoms. The summed E-state index contributed by atoms with van der Waals surface area (Å²) in [5, 5.41) is 23.2. The highest BCUT2D eigenvalue weighted by atomic mass is 16.5. The molecule has 0 spiro atoms. The lowest BCUT2D eigenvalue weighted by molar-refractivity contribution is -0.143. The first-order chi connectivity index (χ1) is 37.0. The molecule has 0 aliphatic heterocycles. The van der Waals surface area contributed by atoms with Gasteiger partial charge in [-0.3, -0.25) is 9.59 Å². The van der Waals surface area contributed by atoms with E-state index < -0.39 is 12.1 Å². The lowest BCUT2D eigenvalue weighted by Gasteiger charge is -2.20. The predicted octanol–water partition coefficient (Wildman–Crippen LogP) is 21.8. The molecule has 6 nitrogen and oxygen atoms in total. The van der Waals surface area contributed by atoms with E-state index in [1.54, 1.807) is 6.08 Å². The molecule has 1 amide bonds. The van der Waals surface area contributed by atoms with Crippen LogP contribution in [0, 0.1) is 0 Å². The van der Waals surface area contributed by atoms with Crippen molar-refractivity contribution < 1.29 is 24.5 Å². The Bertz CT molecular complexity index is 1170. The predicted molar refractivity (Wildman–Crippen MR) is 329 cm³/mol. The number of amides is 1. The third-order valence-electron chi connectivity index (χ3n) is 16.0.